The third kappa shape index (κ3) is 10.6. The molecule has 0 aromatic heterocycles. The average molecular weight is 341 g/mol. The molecule has 0 fully saturated rings. The van der Waals surface area contributed by atoms with Crippen LogP contribution in [0.2, 0.25) is 13.1 Å². The van der Waals surface area contributed by atoms with Crippen molar-refractivity contribution in [1.82, 2.24) is 0 Å². The molecule has 0 heterocycles. The van der Waals surface area contributed by atoms with Crippen LogP contribution in [0.3, 0.4) is 0 Å². The zero-order valence-electron chi connectivity index (χ0n) is 13.6. The van der Waals surface area contributed by atoms with Gasteiger partial charge in [0.2, 0.25) is 0 Å². The second-order valence-electron chi connectivity index (χ2n) is 4.81. The van der Waals surface area contributed by atoms with Crippen LogP contribution >= 0.6 is 0 Å². The van der Waals surface area contributed by atoms with Crippen molar-refractivity contribution in [3.63, 3.8) is 0 Å². The van der Waals surface area contributed by atoms with E-state index in [1.807, 2.05) is 12.1 Å². The minimum atomic E-state index is 0. The van der Waals surface area contributed by atoms with Gasteiger partial charge >= 0.3 is 0 Å². The predicted octanol–water partition coefficient (Wildman–Crippen LogP) is 5.10. The van der Waals surface area contributed by atoms with Gasteiger partial charge in [-0.25, -0.2) is 0 Å². The van der Waals surface area contributed by atoms with Crippen LogP contribution in [0.1, 0.15) is 11.1 Å². The summed E-state index contributed by atoms with van der Waals surface area (Å²) in [5.74, 6) is 0. The molecule has 0 amide bonds. The fourth-order valence-corrected chi connectivity index (χ4v) is 1.79. The third-order valence-electron chi connectivity index (χ3n) is 2.78. The summed E-state index contributed by atoms with van der Waals surface area (Å²) in [6, 6.07) is 21.0. The van der Waals surface area contributed by atoms with Gasteiger partial charge in [-0.15, -0.1) is 0 Å². The molecule has 2 heteroatoms. The monoisotopic (exact) mass is 341 g/mol. The molecule has 113 valence electrons. The van der Waals surface area contributed by atoms with Gasteiger partial charge in [-0.05, 0) is 24.0 Å². The van der Waals surface area contributed by atoms with Gasteiger partial charge in [-0.3, -0.25) is 0 Å². The molecule has 0 aliphatic rings. The Morgan fingerprint density at radius 1 is 0.682 bits per heavy atom. The second kappa shape index (κ2) is 14.8. The molecule has 2 rings (SSSR count). The van der Waals surface area contributed by atoms with Crippen LogP contribution in [0.15, 0.2) is 85.0 Å². The van der Waals surface area contributed by atoms with Gasteiger partial charge in [0.15, 0.2) is 0 Å². The first-order chi connectivity index (χ1) is 10.4. The van der Waals surface area contributed by atoms with Crippen LogP contribution in [-0.4, -0.2) is 9.52 Å². The van der Waals surface area contributed by atoms with E-state index >= 15 is 0 Å². The fourth-order valence-electron chi connectivity index (χ4n) is 1.79. The summed E-state index contributed by atoms with van der Waals surface area (Å²) in [5.41, 5.74) is 2.70. The maximum Gasteiger partial charge on any atom is 0.0213 e. The molecule has 2 aromatic rings. The van der Waals surface area contributed by atoms with E-state index in [0.29, 0.717) is 0 Å². The topological polar surface area (TPSA) is 0 Å². The minimum absolute atomic E-state index is 0. The van der Waals surface area contributed by atoms with Crippen molar-refractivity contribution in [2.75, 3.05) is 0 Å². The molecule has 0 aliphatic heterocycles. The maximum absolute atomic E-state index is 2.21. The molecule has 0 atom stereocenters. The Labute approximate surface area is 153 Å². The van der Waals surface area contributed by atoms with Crippen molar-refractivity contribution in [1.29, 1.82) is 0 Å². The molecule has 22 heavy (non-hydrogen) atoms. The van der Waals surface area contributed by atoms with Crippen molar-refractivity contribution in [2.45, 2.75) is 25.9 Å². The van der Waals surface area contributed by atoms with Crippen LogP contribution in [0.5, 0.6) is 0 Å². The maximum atomic E-state index is 2.21. The molecule has 0 saturated heterocycles. The van der Waals surface area contributed by atoms with Gasteiger partial charge in [-0.2, -0.15) is 0 Å². The smallest absolute Gasteiger partial charge is 0.0213 e. The normalized spacial score (nSPS) is 10.1. The van der Waals surface area contributed by atoms with Crippen molar-refractivity contribution >= 4 is 9.52 Å². The van der Waals surface area contributed by atoms with Crippen LogP contribution in [0, 0.1) is 0 Å². The molecular weight excluding hydrogens is 316 g/mol. The van der Waals surface area contributed by atoms with Gasteiger partial charge in [-0.1, -0.05) is 98.1 Å². The quantitative estimate of drug-likeness (QED) is 0.524. The first kappa shape index (κ1) is 20.9. The Bertz CT molecular complexity index is 468. The summed E-state index contributed by atoms with van der Waals surface area (Å²) >= 11 is 0. The van der Waals surface area contributed by atoms with Crippen LogP contribution < -0.4 is 0 Å². The molecule has 0 spiro atoms. The van der Waals surface area contributed by atoms with E-state index in [-0.39, 0.29) is 21.7 Å². The summed E-state index contributed by atoms with van der Waals surface area (Å²) in [4.78, 5) is 0. The molecular formula is C20H25SiTi. The molecule has 0 aliphatic carbocycles. The van der Waals surface area contributed by atoms with Gasteiger partial charge in [0, 0.05) is 31.2 Å². The molecule has 0 nitrogen and oxygen atoms in total. The second-order valence-corrected chi connectivity index (χ2v) is 5.97. The van der Waals surface area contributed by atoms with Crippen molar-refractivity contribution < 1.29 is 21.7 Å². The Morgan fingerprint density at radius 3 is 1.32 bits per heavy atom. The summed E-state index contributed by atoms with van der Waals surface area (Å²) in [6.45, 7) is 4.42. The Balaban J connectivity index is 0.00000102. The summed E-state index contributed by atoms with van der Waals surface area (Å²) in [7, 11) is 0.750. The van der Waals surface area contributed by atoms with Gasteiger partial charge < -0.3 is 0 Å². The van der Waals surface area contributed by atoms with E-state index in [2.05, 4.69) is 85.9 Å². The van der Waals surface area contributed by atoms with E-state index in [9.17, 15) is 0 Å². The molecule has 0 N–H and O–H groups in total. The van der Waals surface area contributed by atoms with Gasteiger partial charge in [0.25, 0.3) is 0 Å². The third-order valence-corrected chi connectivity index (χ3v) is 2.78. The van der Waals surface area contributed by atoms with Crippen LogP contribution in [0.4, 0.5) is 0 Å². The minimum Gasteiger partial charge on any atom is -0.0801 e. The zero-order valence-corrected chi connectivity index (χ0v) is 16.3. The average Bonchev–Trinajstić information content (AvgIpc) is 2.53. The number of hydrogen-bond acceptors (Lipinski definition) is 0. The van der Waals surface area contributed by atoms with Gasteiger partial charge in [0.05, 0.1) is 0 Å². The predicted molar refractivity (Wildman–Crippen MR) is 97.4 cm³/mol. The van der Waals surface area contributed by atoms with Crippen LogP contribution in [-0.2, 0) is 34.6 Å². The van der Waals surface area contributed by atoms with E-state index in [1.54, 1.807) is 0 Å². The van der Waals surface area contributed by atoms with E-state index in [1.165, 1.54) is 11.1 Å². The molecule has 1 radical (unpaired) electrons. The molecule has 0 unspecified atom stereocenters. The van der Waals surface area contributed by atoms with Crippen LogP contribution in [0.25, 0.3) is 0 Å². The summed E-state index contributed by atoms with van der Waals surface area (Å²) < 4.78 is 0. The molecule has 2 aromatic carbocycles. The van der Waals surface area contributed by atoms with Crippen molar-refractivity contribution in [3.8, 4) is 0 Å². The van der Waals surface area contributed by atoms with Crippen molar-refractivity contribution in [2.24, 2.45) is 0 Å². The Morgan fingerprint density at radius 2 is 1.00 bits per heavy atom. The van der Waals surface area contributed by atoms with E-state index in [4.69, 9.17) is 0 Å². The fraction of sp³-hybridized carbons (Fsp3) is 0.200. The van der Waals surface area contributed by atoms with Crippen molar-refractivity contribution in [3.05, 3.63) is 96.1 Å². The largest absolute Gasteiger partial charge is 0.0801 e. The Kier molecular flexibility index (Phi) is 14.0. The number of rotatable bonds is 5. The van der Waals surface area contributed by atoms with Gasteiger partial charge in [0.1, 0.15) is 0 Å². The standard InChI is InChI=1S/C18H18.C2H7Si.Ti/c1(5-11-17-13-7-3-8-14-17)2-6-12-18-15-9-4-10-16-18;1-3-2;/h1-10,13-16H,11-12H2;3H,1-2H3;. The molecule has 0 saturated carbocycles. The SMILES string of the molecule is C(C=CCc1ccccc1)=CCc1ccccc1.C[SiH]C.[Ti]. The first-order valence-electron chi connectivity index (χ1n) is 7.50. The number of hydrogen-bond donors (Lipinski definition) is 0. The number of benzene rings is 2. The van der Waals surface area contributed by atoms with E-state index < -0.39 is 0 Å². The number of allylic oxidation sites excluding steroid dienone is 4. The zero-order chi connectivity index (χ0) is 15.2. The summed E-state index contributed by atoms with van der Waals surface area (Å²) in [5, 5.41) is 0. The summed E-state index contributed by atoms with van der Waals surface area (Å²) in [6.07, 6.45) is 10.6. The molecule has 0 bridgehead atoms. The first-order valence-corrected chi connectivity index (χ1v) is 9.81. The van der Waals surface area contributed by atoms with E-state index in [0.717, 1.165) is 22.4 Å². The Hall–Kier alpha value is -1.15.